The predicted octanol–water partition coefficient (Wildman–Crippen LogP) is 3.19. The van der Waals surface area contributed by atoms with E-state index in [0.717, 1.165) is 23.7 Å². The van der Waals surface area contributed by atoms with Gasteiger partial charge in [0.05, 0.1) is 6.54 Å². The normalized spacial score (nSPS) is 10.1. The first-order valence-electron chi connectivity index (χ1n) is 6.10. The average molecular weight is 242 g/mol. The van der Waals surface area contributed by atoms with Crippen LogP contribution in [-0.2, 0) is 0 Å². The zero-order valence-corrected chi connectivity index (χ0v) is 10.8. The summed E-state index contributed by atoms with van der Waals surface area (Å²) in [5, 5.41) is 3.26. The zero-order valence-electron chi connectivity index (χ0n) is 10.8. The third-order valence-corrected chi connectivity index (χ3v) is 2.66. The fourth-order valence-electron chi connectivity index (χ4n) is 1.71. The van der Waals surface area contributed by atoms with Gasteiger partial charge in [-0.15, -0.1) is 0 Å². The molecule has 1 N–H and O–H groups in total. The molecule has 0 radical (unpaired) electrons. The van der Waals surface area contributed by atoms with E-state index in [0.29, 0.717) is 6.61 Å². The Morgan fingerprint density at radius 3 is 2.83 bits per heavy atom. The second-order valence-corrected chi connectivity index (χ2v) is 4.26. The van der Waals surface area contributed by atoms with Crippen molar-refractivity contribution in [3.63, 3.8) is 0 Å². The fourth-order valence-corrected chi connectivity index (χ4v) is 1.71. The van der Waals surface area contributed by atoms with E-state index < -0.39 is 0 Å². The number of pyridine rings is 1. The van der Waals surface area contributed by atoms with Crippen LogP contribution in [0, 0.1) is 13.8 Å². The van der Waals surface area contributed by atoms with Crippen molar-refractivity contribution in [3.8, 4) is 5.75 Å². The molecule has 0 atom stereocenters. The van der Waals surface area contributed by atoms with Gasteiger partial charge in [-0.2, -0.15) is 0 Å². The van der Waals surface area contributed by atoms with Gasteiger partial charge in [-0.25, -0.2) is 4.98 Å². The van der Waals surface area contributed by atoms with E-state index in [1.165, 1.54) is 5.56 Å². The molecule has 1 aromatic carbocycles. The molecule has 3 nitrogen and oxygen atoms in total. The number of aromatic nitrogens is 1. The molecule has 0 amide bonds. The Bertz CT molecular complexity index is 511. The summed E-state index contributed by atoms with van der Waals surface area (Å²) >= 11 is 0. The van der Waals surface area contributed by atoms with Crippen LogP contribution in [0.3, 0.4) is 0 Å². The minimum Gasteiger partial charge on any atom is -0.492 e. The third-order valence-electron chi connectivity index (χ3n) is 2.66. The summed E-state index contributed by atoms with van der Waals surface area (Å²) in [5.41, 5.74) is 2.36. The topological polar surface area (TPSA) is 34.1 Å². The lowest BCUT2D eigenvalue weighted by molar-refractivity contribution is 0.332. The van der Waals surface area contributed by atoms with Gasteiger partial charge in [0.1, 0.15) is 18.2 Å². The molecule has 18 heavy (non-hydrogen) atoms. The Hall–Kier alpha value is -2.03. The number of rotatable bonds is 5. The van der Waals surface area contributed by atoms with Gasteiger partial charge < -0.3 is 10.1 Å². The highest BCUT2D eigenvalue weighted by molar-refractivity contribution is 5.42. The second kappa shape index (κ2) is 6.05. The van der Waals surface area contributed by atoms with E-state index in [4.69, 9.17) is 4.74 Å². The Labute approximate surface area is 108 Å². The summed E-state index contributed by atoms with van der Waals surface area (Å²) in [6.07, 6.45) is 1.79. The molecule has 0 aliphatic heterocycles. The van der Waals surface area contributed by atoms with Crippen molar-refractivity contribution in [1.29, 1.82) is 0 Å². The number of nitrogens with zero attached hydrogens (tertiary/aromatic N) is 1. The van der Waals surface area contributed by atoms with Gasteiger partial charge in [0.15, 0.2) is 0 Å². The van der Waals surface area contributed by atoms with E-state index in [-0.39, 0.29) is 0 Å². The SMILES string of the molecule is Cc1cccc(OCCNc2ncccc2C)c1. The van der Waals surface area contributed by atoms with Crippen molar-refractivity contribution < 1.29 is 4.74 Å². The van der Waals surface area contributed by atoms with Gasteiger partial charge in [0.25, 0.3) is 0 Å². The lowest BCUT2D eigenvalue weighted by atomic mass is 10.2. The van der Waals surface area contributed by atoms with Gasteiger partial charge in [-0.1, -0.05) is 18.2 Å². The van der Waals surface area contributed by atoms with Crippen LogP contribution in [0.15, 0.2) is 42.6 Å². The van der Waals surface area contributed by atoms with Crippen molar-refractivity contribution in [2.45, 2.75) is 13.8 Å². The molecule has 0 aliphatic carbocycles. The summed E-state index contributed by atoms with van der Waals surface area (Å²) in [5.74, 6) is 1.83. The molecule has 94 valence electrons. The van der Waals surface area contributed by atoms with E-state index in [1.807, 2.05) is 37.3 Å². The molecule has 1 heterocycles. The molecule has 3 heteroatoms. The quantitative estimate of drug-likeness (QED) is 0.818. The fraction of sp³-hybridized carbons (Fsp3) is 0.267. The molecule has 0 unspecified atom stereocenters. The highest BCUT2D eigenvalue weighted by Gasteiger charge is 1.97. The van der Waals surface area contributed by atoms with Crippen LogP contribution in [0.25, 0.3) is 0 Å². The molecule has 2 rings (SSSR count). The number of anilines is 1. The molecular weight excluding hydrogens is 224 g/mol. The number of hydrogen-bond donors (Lipinski definition) is 1. The molecule has 0 spiro atoms. The minimum atomic E-state index is 0.624. The van der Waals surface area contributed by atoms with Crippen LogP contribution in [-0.4, -0.2) is 18.1 Å². The Morgan fingerprint density at radius 2 is 2.06 bits per heavy atom. The Balaban J connectivity index is 1.78. The minimum absolute atomic E-state index is 0.624. The summed E-state index contributed by atoms with van der Waals surface area (Å²) < 4.78 is 5.66. The van der Waals surface area contributed by atoms with Crippen LogP contribution in [0.2, 0.25) is 0 Å². The number of aryl methyl sites for hydroxylation is 2. The van der Waals surface area contributed by atoms with Crippen LogP contribution >= 0.6 is 0 Å². The van der Waals surface area contributed by atoms with E-state index >= 15 is 0 Å². The van der Waals surface area contributed by atoms with Crippen molar-refractivity contribution in [1.82, 2.24) is 4.98 Å². The Morgan fingerprint density at radius 1 is 1.17 bits per heavy atom. The molecule has 0 saturated heterocycles. The molecule has 0 aliphatic rings. The van der Waals surface area contributed by atoms with Crippen molar-refractivity contribution in [2.75, 3.05) is 18.5 Å². The Kier molecular flexibility index (Phi) is 4.18. The maximum Gasteiger partial charge on any atom is 0.128 e. The molecule has 2 aromatic rings. The van der Waals surface area contributed by atoms with Crippen molar-refractivity contribution in [3.05, 3.63) is 53.7 Å². The van der Waals surface area contributed by atoms with Gasteiger partial charge in [0, 0.05) is 6.20 Å². The predicted molar refractivity (Wildman–Crippen MR) is 74.1 cm³/mol. The lowest BCUT2D eigenvalue weighted by Crippen LogP contribution is -2.13. The summed E-state index contributed by atoms with van der Waals surface area (Å²) in [7, 11) is 0. The van der Waals surface area contributed by atoms with Crippen LogP contribution in [0.4, 0.5) is 5.82 Å². The monoisotopic (exact) mass is 242 g/mol. The van der Waals surface area contributed by atoms with Crippen molar-refractivity contribution in [2.24, 2.45) is 0 Å². The summed E-state index contributed by atoms with van der Waals surface area (Å²) in [4.78, 5) is 4.27. The number of nitrogens with one attached hydrogen (secondary N) is 1. The number of ether oxygens (including phenoxy) is 1. The number of benzene rings is 1. The second-order valence-electron chi connectivity index (χ2n) is 4.26. The van der Waals surface area contributed by atoms with E-state index in [1.54, 1.807) is 6.20 Å². The first-order chi connectivity index (χ1) is 8.75. The third kappa shape index (κ3) is 3.48. The lowest BCUT2D eigenvalue weighted by Gasteiger charge is -2.09. The van der Waals surface area contributed by atoms with Crippen LogP contribution in [0.1, 0.15) is 11.1 Å². The maximum atomic E-state index is 5.66. The molecule has 0 saturated carbocycles. The maximum absolute atomic E-state index is 5.66. The largest absolute Gasteiger partial charge is 0.492 e. The van der Waals surface area contributed by atoms with Gasteiger partial charge in [-0.05, 0) is 43.2 Å². The van der Waals surface area contributed by atoms with E-state index in [2.05, 4.69) is 23.3 Å². The molecule has 1 aromatic heterocycles. The zero-order chi connectivity index (χ0) is 12.8. The van der Waals surface area contributed by atoms with Crippen LogP contribution < -0.4 is 10.1 Å². The van der Waals surface area contributed by atoms with E-state index in [9.17, 15) is 0 Å². The van der Waals surface area contributed by atoms with Gasteiger partial charge in [0.2, 0.25) is 0 Å². The standard InChI is InChI=1S/C15H18N2O/c1-12-5-3-7-14(11-12)18-10-9-17-15-13(2)6-4-8-16-15/h3-8,11H,9-10H2,1-2H3,(H,16,17). The molecular formula is C15H18N2O. The summed E-state index contributed by atoms with van der Waals surface area (Å²) in [6, 6.07) is 12.0. The highest BCUT2D eigenvalue weighted by Crippen LogP contribution is 2.12. The van der Waals surface area contributed by atoms with Crippen LogP contribution in [0.5, 0.6) is 5.75 Å². The summed E-state index contributed by atoms with van der Waals surface area (Å²) in [6.45, 7) is 5.46. The van der Waals surface area contributed by atoms with Gasteiger partial charge >= 0.3 is 0 Å². The number of hydrogen-bond acceptors (Lipinski definition) is 3. The first-order valence-corrected chi connectivity index (χ1v) is 6.10. The highest BCUT2D eigenvalue weighted by atomic mass is 16.5. The van der Waals surface area contributed by atoms with Crippen molar-refractivity contribution >= 4 is 5.82 Å². The van der Waals surface area contributed by atoms with Gasteiger partial charge in [-0.3, -0.25) is 0 Å². The first kappa shape index (κ1) is 12.4. The smallest absolute Gasteiger partial charge is 0.128 e. The molecule has 0 fully saturated rings. The average Bonchev–Trinajstić information content (AvgIpc) is 2.37. The molecule has 0 bridgehead atoms.